The highest BCUT2D eigenvalue weighted by molar-refractivity contribution is 7.90. The van der Waals surface area contributed by atoms with Gasteiger partial charge in [-0.15, -0.1) is 0 Å². The molecule has 0 bridgehead atoms. The minimum atomic E-state index is -3.88. The molecule has 1 atom stereocenters. The third kappa shape index (κ3) is 3.39. The fraction of sp³-hybridized carbons (Fsp3) is 0.333. The van der Waals surface area contributed by atoms with E-state index in [1.54, 1.807) is 31.3 Å². The van der Waals surface area contributed by atoms with Crippen molar-refractivity contribution >= 4 is 26.7 Å². The van der Waals surface area contributed by atoms with E-state index in [9.17, 15) is 13.2 Å². The minimum absolute atomic E-state index is 0.0967. The number of carbonyl (C=O) groups is 1. The van der Waals surface area contributed by atoms with Gasteiger partial charge in [-0.3, -0.25) is 9.78 Å². The van der Waals surface area contributed by atoms with E-state index in [-0.39, 0.29) is 10.8 Å². The number of aromatic nitrogens is 1. The molecule has 1 aromatic carbocycles. The Labute approximate surface area is 124 Å². The van der Waals surface area contributed by atoms with Crippen LogP contribution >= 0.6 is 0 Å². The van der Waals surface area contributed by atoms with E-state index >= 15 is 0 Å². The number of hydrogen-bond acceptors (Lipinski definition) is 4. The molecule has 0 saturated carbocycles. The summed E-state index contributed by atoms with van der Waals surface area (Å²) < 4.78 is 27.0. The quantitative estimate of drug-likeness (QED) is 0.920. The number of nitrogens with one attached hydrogen (secondary N) is 1. The van der Waals surface area contributed by atoms with E-state index in [2.05, 4.69) is 9.71 Å². The predicted octanol–water partition coefficient (Wildman–Crippen LogP) is 2.48. The van der Waals surface area contributed by atoms with E-state index in [4.69, 9.17) is 0 Å². The van der Waals surface area contributed by atoms with Gasteiger partial charge in [0.2, 0.25) is 5.91 Å². The van der Waals surface area contributed by atoms with Crippen molar-refractivity contribution in [3.63, 3.8) is 0 Å². The molecule has 1 amide bonds. The van der Waals surface area contributed by atoms with Crippen molar-refractivity contribution < 1.29 is 13.2 Å². The molecule has 0 aliphatic carbocycles. The lowest BCUT2D eigenvalue weighted by Crippen LogP contribution is -2.34. The van der Waals surface area contributed by atoms with E-state index in [1.165, 1.54) is 12.3 Å². The Hall–Kier alpha value is -1.95. The molecule has 6 heteroatoms. The molecular formula is C15H18N2O3S. The molecule has 1 aromatic heterocycles. The van der Waals surface area contributed by atoms with Gasteiger partial charge in [-0.25, -0.2) is 13.1 Å². The van der Waals surface area contributed by atoms with Crippen molar-refractivity contribution in [3.8, 4) is 0 Å². The van der Waals surface area contributed by atoms with Crippen LogP contribution in [0.2, 0.25) is 0 Å². The molecule has 5 nitrogen and oxygen atoms in total. The lowest BCUT2D eigenvalue weighted by Gasteiger charge is -2.13. The molecule has 0 aliphatic heterocycles. The lowest BCUT2D eigenvalue weighted by atomic mass is 10.1. The van der Waals surface area contributed by atoms with Crippen LogP contribution in [0.3, 0.4) is 0 Å². The largest absolute Gasteiger partial charge is 0.274 e. The first-order valence-electron chi connectivity index (χ1n) is 6.85. The number of benzene rings is 1. The molecule has 0 radical (unpaired) electrons. The molecule has 0 fully saturated rings. The zero-order valence-corrected chi connectivity index (χ0v) is 12.9. The standard InChI is InChI=1S/C15H18N2O3S/c1-3-5-11(2)15(18)17-21(19,20)14-7-4-6-12-10-16-9-8-13(12)14/h4,6-11H,3,5H2,1-2H3,(H,17,18). The van der Waals surface area contributed by atoms with Gasteiger partial charge in [-0.2, -0.15) is 0 Å². The SMILES string of the molecule is CCCC(C)C(=O)NS(=O)(=O)c1cccc2cnccc12. The number of sulfonamides is 1. The highest BCUT2D eigenvalue weighted by Gasteiger charge is 2.22. The first kappa shape index (κ1) is 15.4. The van der Waals surface area contributed by atoms with Crippen LogP contribution in [0, 0.1) is 5.92 Å². The van der Waals surface area contributed by atoms with Crippen molar-refractivity contribution in [3.05, 3.63) is 36.7 Å². The smallest absolute Gasteiger partial charge is 0.264 e. The van der Waals surface area contributed by atoms with Gasteiger partial charge in [0.25, 0.3) is 10.0 Å². The Morgan fingerprint density at radius 1 is 1.33 bits per heavy atom. The van der Waals surface area contributed by atoms with Gasteiger partial charge in [0.05, 0.1) is 4.90 Å². The third-order valence-electron chi connectivity index (χ3n) is 3.33. The molecule has 112 valence electrons. The number of amides is 1. The van der Waals surface area contributed by atoms with Crippen LogP contribution in [0.25, 0.3) is 10.8 Å². The highest BCUT2D eigenvalue weighted by Crippen LogP contribution is 2.22. The Morgan fingerprint density at radius 3 is 2.81 bits per heavy atom. The third-order valence-corrected chi connectivity index (χ3v) is 4.74. The average molecular weight is 306 g/mol. The first-order chi connectivity index (χ1) is 9.95. The predicted molar refractivity (Wildman–Crippen MR) is 81.1 cm³/mol. The van der Waals surface area contributed by atoms with E-state index in [1.807, 2.05) is 6.92 Å². The molecule has 0 saturated heterocycles. The van der Waals surface area contributed by atoms with Gasteiger partial charge in [-0.1, -0.05) is 32.4 Å². The van der Waals surface area contributed by atoms with Crippen molar-refractivity contribution in [2.45, 2.75) is 31.6 Å². The molecule has 1 heterocycles. The second-order valence-corrected chi connectivity index (χ2v) is 6.66. The van der Waals surface area contributed by atoms with Gasteiger partial charge in [0.15, 0.2) is 0 Å². The maximum absolute atomic E-state index is 12.4. The number of hydrogen-bond donors (Lipinski definition) is 1. The number of rotatable bonds is 5. The summed E-state index contributed by atoms with van der Waals surface area (Å²) in [4.78, 5) is 16.0. The summed E-state index contributed by atoms with van der Waals surface area (Å²) in [6.45, 7) is 3.68. The van der Waals surface area contributed by atoms with Crippen LogP contribution in [-0.2, 0) is 14.8 Å². The summed E-state index contributed by atoms with van der Waals surface area (Å²) in [7, 11) is -3.88. The van der Waals surface area contributed by atoms with Crippen LogP contribution in [0.15, 0.2) is 41.6 Å². The first-order valence-corrected chi connectivity index (χ1v) is 8.33. The highest BCUT2D eigenvalue weighted by atomic mass is 32.2. The average Bonchev–Trinajstić information content (AvgIpc) is 2.46. The van der Waals surface area contributed by atoms with Crippen LogP contribution in [0.5, 0.6) is 0 Å². The molecule has 1 N–H and O–H groups in total. The fourth-order valence-corrected chi connectivity index (χ4v) is 3.49. The maximum Gasteiger partial charge on any atom is 0.264 e. The summed E-state index contributed by atoms with van der Waals surface area (Å²) >= 11 is 0. The Bertz CT molecular complexity index is 751. The van der Waals surface area contributed by atoms with Gasteiger partial charge >= 0.3 is 0 Å². The van der Waals surface area contributed by atoms with Gasteiger partial charge < -0.3 is 0 Å². The second kappa shape index (κ2) is 6.22. The number of fused-ring (bicyclic) bond motifs is 1. The topological polar surface area (TPSA) is 76.1 Å². The fourth-order valence-electron chi connectivity index (χ4n) is 2.18. The summed E-state index contributed by atoms with van der Waals surface area (Å²) in [6.07, 6.45) is 4.61. The Balaban J connectivity index is 2.37. The summed E-state index contributed by atoms with van der Waals surface area (Å²) in [5, 5.41) is 1.27. The zero-order valence-electron chi connectivity index (χ0n) is 12.0. The number of pyridine rings is 1. The van der Waals surface area contributed by atoms with Crippen LogP contribution in [0.1, 0.15) is 26.7 Å². The van der Waals surface area contributed by atoms with Crippen LogP contribution in [0.4, 0.5) is 0 Å². The molecule has 2 aromatic rings. The van der Waals surface area contributed by atoms with E-state index in [0.717, 1.165) is 11.8 Å². The molecule has 1 unspecified atom stereocenters. The molecule has 0 spiro atoms. The Kier molecular flexibility index (Phi) is 4.57. The van der Waals surface area contributed by atoms with Gasteiger partial charge in [-0.05, 0) is 18.6 Å². The Morgan fingerprint density at radius 2 is 2.10 bits per heavy atom. The molecule has 2 rings (SSSR count). The summed E-state index contributed by atoms with van der Waals surface area (Å²) in [5.41, 5.74) is 0. The molecule has 0 aliphatic rings. The zero-order chi connectivity index (χ0) is 15.5. The summed E-state index contributed by atoms with van der Waals surface area (Å²) in [6, 6.07) is 6.54. The molecular weight excluding hydrogens is 288 g/mol. The summed E-state index contributed by atoms with van der Waals surface area (Å²) in [5.74, 6) is -0.802. The lowest BCUT2D eigenvalue weighted by molar-refractivity contribution is -0.122. The van der Waals surface area contributed by atoms with Gasteiger partial charge in [0.1, 0.15) is 0 Å². The minimum Gasteiger partial charge on any atom is -0.274 e. The normalized spacial score (nSPS) is 13.0. The van der Waals surface area contributed by atoms with Crippen molar-refractivity contribution in [1.29, 1.82) is 0 Å². The molecule has 21 heavy (non-hydrogen) atoms. The van der Waals surface area contributed by atoms with Crippen LogP contribution < -0.4 is 4.72 Å². The monoisotopic (exact) mass is 306 g/mol. The van der Waals surface area contributed by atoms with Gasteiger partial charge in [0, 0.05) is 29.1 Å². The number of nitrogens with zero attached hydrogens (tertiary/aromatic N) is 1. The van der Waals surface area contributed by atoms with Crippen molar-refractivity contribution in [1.82, 2.24) is 9.71 Å². The second-order valence-electron chi connectivity index (χ2n) is 5.01. The van der Waals surface area contributed by atoms with Crippen LogP contribution in [-0.4, -0.2) is 19.3 Å². The van der Waals surface area contributed by atoms with Crippen molar-refractivity contribution in [2.24, 2.45) is 5.92 Å². The van der Waals surface area contributed by atoms with E-state index < -0.39 is 15.9 Å². The van der Waals surface area contributed by atoms with E-state index in [0.29, 0.717) is 11.8 Å². The van der Waals surface area contributed by atoms with Crippen molar-refractivity contribution in [2.75, 3.05) is 0 Å². The maximum atomic E-state index is 12.4. The number of carbonyl (C=O) groups excluding carboxylic acids is 1.